The van der Waals surface area contributed by atoms with Gasteiger partial charge in [-0.3, -0.25) is 4.79 Å². The quantitative estimate of drug-likeness (QED) is 0.714. The zero-order valence-electron chi connectivity index (χ0n) is 10.1. The van der Waals surface area contributed by atoms with Crippen LogP contribution in [0.2, 0.25) is 0 Å². The Bertz CT molecular complexity index is 367. The molecule has 0 amide bonds. The lowest BCUT2D eigenvalue weighted by Crippen LogP contribution is -2.41. The minimum atomic E-state index is -0.832. The Morgan fingerprint density at radius 3 is 2.71 bits per heavy atom. The van der Waals surface area contributed by atoms with Crippen molar-refractivity contribution in [3.8, 4) is 0 Å². The van der Waals surface area contributed by atoms with Crippen molar-refractivity contribution < 1.29 is 14.3 Å². The van der Waals surface area contributed by atoms with E-state index in [0.29, 0.717) is 23.3 Å². The van der Waals surface area contributed by atoms with Crippen molar-refractivity contribution in [1.29, 1.82) is 0 Å². The highest BCUT2D eigenvalue weighted by molar-refractivity contribution is 7.99. The predicted octanol–water partition coefficient (Wildman–Crippen LogP) is 1.31. The van der Waals surface area contributed by atoms with Crippen molar-refractivity contribution in [3.63, 3.8) is 0 Å². The first kappa shape index (κ1) is 14.0. The number of carboxylic acids is 1. The Morgan fingerprint density at radius 1 is 1.53 bits per heavy atom. The van der Waals surface area contributed by atoms with Gasteiger partial charge < -0.3 is 14.8 Å². The zero-order chi connectivity index (χ0) is 12.8. The van der Waals surface area contributed by atoms with Crippen molar-refractivity contribution in [2.45, 2.75) is 44.5 Å². The summed E-state index contributed by atoms with van der Waals surface area (Å²) in [5, 5.41) is 20.0. The number of aliphatic carboxylic acids is 1. The van der Waals surface area contributed by atoms with Gasteiger partial charge in [-0.25, -0.2) is 0 Å². The Morgan fingerprint density at radius 2 is 2.24 bits per heavy atom. The SMILES string of the molecule is Cc1nnc(SCCC(NC(C)C)C(=O)O)o1. The highest BCUT2D eigenvalue weighted by Gasteiger charge is 2.18. The number of thioether (sulfide) groups is 1. The number of nitrogens with one attached hydrogen (secondary N) is 1. The molecule has 0 spiro atoms. The summed E-state index contributed by atoms with van der Waals surface area (Å²) in [6.07, 6.45) is 0.513. The molecule has 96 valence electrons. The van der Waals surface area contributed by atoms with E-state index in [9.17, 15) is 4.79 Å². The Balaban J connectivity index is 2.34. The fourth-order valence-electron chi connectivity index (χ4n) is 1.28. The molecule has 2 N–H and O–H groups in total. The Hall–Kier alpha value is -1.08. The molecule has 0 fully saturated rings. The molecule has 6 nitrogen and oxygen atoms in total. The molecule has 1 atom stereocenters. The van der Waals surface area contributed by atoms with Crippen LogP contribution in [0, 0.1) is 6.92 Å². The van der Waals surface area contributed by atoms with E-state index in [4.69, 9.17) is 9.52 Å². The average Bonchev–Trinajstić information content (AvgIpc) is 2.62. The second-order valence-corrected chi connectivity index (χ2v) is 4.98. The van der Waals surface area contributed by atoms with Crippen LogP contribution in [0.3, 0.4) is 0 Å². The molecule has 0 aromatic carbocycles. The monoisotopic (exact) mass is 259 g/mol. The zero-order valence-corrected chi connectivity index (χ0v) is 11.0. The molecule has 1 aromatic heterocycles. The molecule has 0 saturated carbocycles. The second-order valence-electron chi connectivity index (χ2n) is 3.94. The minimum Gasteiger partial charge on any atom is -0.480 e. The molecule has 7 heteroatoms. The Kier molecular flexibility index (Phi) is 5.43. The van der Waals surface area contributed by atoms with Crippen LogP contribution < -0.4 is 5.32 Å². The van der Waals surface area contributed by atoms with Gasteiger partial charge in [0.1, 0.15) is 6.04 Å². The van der Waals surface area contributed by atoms with Crippen LogP contribution in [0.25, 0.3) is 0 Å². The van der Waals surface area contributed by atoms with Gasteiger partial charge in [-0.2, -0.15) is 0 Å². The number of aromatic nitrogens is 2. The van der Waals surface area contributed by atoms with E-state index in [1.54, 1.807) is 6.92 Å². The summed E-state index contributed by atoms with van der Waals surface area (Å²) in [5.74, 6) is 0.307. The number of carboxylic acid groups (broad SMARTS) is 1. The lowest BCUT2D eigenvalue weighted by atomic mass is 10.2. The van der Waals surface area contributed by atoms with E-state index in [-0.39, 0.29) is 6.04 Å². The molecule has 0 bridgehead atoms. The average molecular weight is 259 g/mol. The van der Waals surface area contributed by atoms with Crippen molar-refractivity contribution >= 4 is 17.7 Å². The van der Waals surface area contributed by atoms with E-state index >= 15 is 0 Å². The fourth-order valence-corrected chi connectivity index (χ4v) is 2.09. The predicted molar refractivity (Wildman–Crippen MR) is 64.1 cm³/mol. The standard InChI is InChI=1S/C10H17N3O3S/c1-6(2)11-8(9(14)15)4-5-17-10-13-12-7(3)16-10/h6,8,11H,4-5H2,1-3H3,(H,14,15). The third-order valence-electron chi connectivity index (χ3n) is 1.97. The third-order valence-corrected chi connectivity index (χ3v) is 2.82. The van der Waals surface area contributed by atoms with Crippen molar-refractivity contribution in [2.75, 3.05) is 5.75 Å². The molecule has 0 aliphatic rings. The van der Waals surface area contributed by atoms with E-state index in [1.165, 1.54) is 11.8 Å². The van der Waals surface area contributed by atoms with Crippen molar-refractivity contribution in [2.24, 2.45) is 0 Å². The first-order chi connectivity index (χ1) is 7.99. The van der Waals surface area contributed by atoms with Crippen molar-refractivity contribution in [1.82, 2.24) is 15.5 Å². The van der Waals surface area contributed by atoms with Gasteiger partial charge in [-0.1, -0.05) is 25.6 Å². The van der Waals surface area contributed by atoms with Crippen LogP contribution in [0.4, 0.5) is 0 Å². The topological polar surface area (TPSA) is 88.2 Å². The van der Waals surface area contributed by atoms with Gasteiger partial charge in [0.05, 0.1) is 0 Å². The summed E-state index contributed by atoms with van der Waals surface area (Å²) in [6, 6.07) is -0.390. The molecule has 0 aliphatic carbocycles. The summed E-state index contributed by atoms with van der Waals surface area (Å²) in [7, 11) is 0. The number of aryl methyl sites for hydroxylation is 1. The maximum absolute atomic E-state index is 11.0. The molecular formula is C10H17N3O3S. The summed E-state index contributed by atoms with van der Waals surface area (Å²) >= 11 is 1.37. The van der Waals surface area contributed by atoms with Gasteiger partial charge in [0.15, 0.2) is 0 Å². The largest absolute Gasteiger partial charge is 0.480 e. The van der Waals surface area contributed by atoms with Crippen LogP contribution in [-0.4, -0.2) is 39.1 Å². The van der Waals surface area contributed by atoms with E-state index < -0.39 is 12.0 Å². The molecule has 1 unspecified atom stereocenters. The van der Waals surface area contributed by atoms with Crippen LogP contribution in [0.1, 0.15) is 26.2 Å². The lowest BCUT2D eigenvalue weighted by Gasteiger charge is -2.16. The van der Waals surface area contributed by atoms with Gasteiger partial charge in [-0.15, -0.1) is 10.2 Å². The first-order valence-corrected chi connectivity index (χ1v) is 6.39. The van der Waals surface area contributed by atoms with E-state index in [2.05, 4.69) is 15.5 Å². The second kappa shape index (κ2) is 6.61. The highest BCUT2D eigenvalue weighted by Crippen LogP contribution is 2.17. The lowest BCUT2D eigenvalue weighted by molar-refractivity contribution is -0.139. The molecule has 1 heterocycles. The van der Waals surface area contributed by atoms with Crippen LogP contribution >= 0.6 is 11.8 Å². The number of nitrogens with zero attached hydrogens (tertiary/aromatic N) is 2. The number of rotatable bonds is 7. The van der Waals surface area contributed by atoms with Gasteiger partial charge in [0, 0.05) is 18.7 Å². The molecular weight excluding hydrogens is 242 g/mol. The molecule has 0 saturated heterocycles. The summed E-state index contributed by atoms with van der Waals surface area (Å²) in [6.45, 7) is 5.56. The number of carbonyl (C=O) groups is 1. The molecule has 17 heavy (non-hydrogen) atoms. The van der Waals surface area contributed by atoms with Gasteiger partial charge in [0.2, 0.25) is 5.89 Å². The van der Waals surface area contributed by atoms with Gasteiger partial charge in [0.25, 0.3) is 5.22 Å². The van der Waals surface area contributed by atoms with Gasteiger partial charge in [-0.05, 0) is 6.42 Å². The van der Waals surface area contributed by atoms with Gasteiger partial charge >= 0.3 is 5.97 Å². The fraction of sp³-hybridized carbons (Fsp3) is 0.700. The summed E-state index contributed by atoms with van der Waals surface area (Å²) in [5.41, 5.74) is 0. The van der Waals surface area contributed by atoms with Crippen LogP contribution in [0.5, 0.6) is 0 Å². The number of hydrogen-bond donors (Lipinski definition) is 2. The molecule has 0 aliphatic heterocycles. The maximum Gasteiger partial charge on any atom is 0.320 e. The van der Waals surface area contributed by atoms with Crippen LogP contribution in [0.15, 0.2) is 9.64 Å². The molecule has 0 radical (unpaired) electrons. The molecule has 1 aromatic rings. The number of hydrogen-bond acceptors (Lipinski definition) is 6. The highest BCUT2D eigenvalue weighted by atomic mass is 32.2. The summed E-state index contributed by atoms with van der Waals surface area (Å²) < 4.78 is 5.18. The van der Waals surface area contributed by atoms with Crippen LogP contribution in [-0.2, 0) is 4.79 Å². The smallest absolute Gasteiger partial charge is 0.320 e. The minimum absolute atomic E-state index is 0.145. The first-order valence-electron chi connectivity index (χ1n) is 5.40. The third kappa shape index (κ3) is 5.18. The maximum atomic E-state index is 11.0. The molecule has 1 rings (SSSR count). The summed E-state index contributed by atoms with van der Waals surface area (Å²) in [4.78, 5) is 11.0. The normalized spacial score (nSPS) is 12.9. The van der Waals surface area contributed by atoms with E-state index in [0.717, 1.165) is 0 Å². The Labute approximate surface area is 104 Å². The van der Waals surface area contributed by atoms with E-state index in [1.807, 2.05) is 13.8 Å². The van der Waals surface area contributed by atoms with Crippen molar-refractivity contribution in [3.05, 3.63) is 5.89 Å².